The van der Waals surface area contributed by atoms with E-state index < -0.39 is 5.97 Å². The number of carboxylic acids is 1. The monoisotopic (exact) mass is 195 g/mol. The van der Waals surface area contributed by atoms with E-state index in [1.54, 1.807) is 5.38 Å². The fourth-order valence-electron chi connectivity index (χ4n) is 0.593. The molecule has 0 saturated carbocycles. The van der Waals surface area contributed by atoms with Gasteiger partial charge in [-0.15, -0.1) is 11.3 Å². The number of carbonyl (C=O) groups is 2. The number of carboxylic acid groups (broad SMARTS) is 1. The smallest absolute Gasteiger partial charge is 0.315 e. The first-order valence-corrected chi connectivity index (χ1v) is 4.21. The third-order valence-corrected chi connectivity index (χ3v) is 1.85. The van der Waals surface area contributed by atoms with Crippen molar-refractivity contribution >= 4 is 23.6 Å². The number of aldehydes is 1. The molecule has 0 aliphatic rings. The SMILES string of the molecule is O=Cc1csc(C#CCC(=O)O)n1. The van der Waals surface area contributed by atoms with Crippen molar-refractivity contribution in [1.82, 2.24) is 4.98 Å². The van der Waals surface area contributed by atoms with Gasteiger partial charge < -0.3 is 5.11 Å². The van der Waals surface area contributed by atoms with Crippen LogP contribution in [0.2, 0.25) is 0 Å². The Morgan fingerprint density at radius 2 is 2.54 bits per heavy atom. The molecule has 66 valence electrons. The summed E-state index contributed by atoms with van der Waals surface area (Å²) in [6.45, 7) is 0. The van der Waals surface area contributed by atoms with Crippen LogP contribution in [0.5, 0.6) is 0 Å². The lowest BCUT2D eigenvalue weighted by molar-refractivity contribution is -0.135. The number of aromatic nitrogens is 1. The van der Waals surface area contributed by atoms with Crippen molar-refractivity contribution in [2.45, 2.75) is 6.42 Å². The van der Waals surface area contributed by atoms with Crippen molar-refractivity contribution in [3.05, 3.63) is 16.1 Å². The van der Waals surface area contributed by atoms with Gasteiger partial charge >= 0.3 is 5.97 Å². The predicted molar refractivity (Wildman–Crippen MR) is 46.6 cm³/mol. The fourth-order valence-corrected chi connectivity index (χ4v) is 1.22. The fraction of sp³-hybridized carbons (Fsp3) is 0.125. The highest BCUT2D eigenvalue weighted by Gasteiger charge is 1.96. The first-order chi connectivity index (χ1) is 6.22. The van der Waals surface area contributed by atoms with Gasteiger partial charge in [-0.05, 0) is 5.92 Å². The number of hydrogen-bond acceptors (Lipinski definition) is 4. The minimum absolute atomic E-state index is 0.212. The molecule has 1 aromatic rings. The van der Waals surface area contributed by atoms with Gasteiger partial charge in [0, 0.05) is 5.38 Å². The maximum absolute atomic E-state index is 10.2. The first-order valence-electron chi connectivity index (χ1n) is 3.33. The van der Waals surface area contributed by atoms with Crippen molar-refractivity contribution in [2.75, 3.05) is 0 Å². The molecule has 1 aromatic heterocycles. The zero-order valence-corrected chi connectivity index (χ0v) is 7.30. The second kappa shape index (κ2) is 4.38. The Labute approximate surface area is 78.2 Å². The molecule has 0 unspecified atom stereocenters. The quantitative estimate of drug-likeness (QED) is 0.559. The molecule has 0 amide bonds. The number of thiazole rings is 1. The summed E-state index contributed by atoms with van der Waals surface area (Å²) in [5, 5.41) is 10.3. The zero-order chi connectivity index (χ0) is 9.68. The summed E-state index contributed by atoms with van der Waals surface area (Å²) in [7, 11) is 0. The number of aliphatic carboxylic acids is 1. The molecule has 1 N–H and O–H groups in total. The lowest BCUT2D eigenvalue weighted by atomic mass is 10.4. The van der Waals surface area contributed by atoms with E-state index in [9.17, 15) is 9.59 Å². The number of nitrogens with zero attached hydrogens (tertiary/aromatic N) is 1. The van der Waals surface area contributed by atoms with Gasteiger partial charge in [-0.1, -0.05) is 5.92 Å². The lowest BCUT2D eigenvalue weighted by Crippen LogP contribution is -1.90. The molecule has 0 spiro atoms. The van der Waals surface area contributed by atoms with E-state index in [-0.39, 0.29) is 6.42 Å². The highest BCUT2D eigenvalue weighted by atomic mass is 32.1. The zero-order valence-electron chi connectivity index (χ0n) is 6.48. The van der Waals surface area contributed by atoms with Crippen LogP contribution in [0.15, 0.2) is 5.38 Å². The molecule has 0 radical (unpaired) electrons. The molecule has 13 heavy (non-hydrogen) atoms. The maximum atomic E-state index is 10.2. The highest BCUT2D eigenvalue weighted by molar-refractivity contribution is 7.10. The molecule has 0 fully saturated rings. The normalized spacial score (nSPS) is 8.62. The molecular formula is C8H5NO3S. The topological polar surface area (TPSA) is 67.3 Å². The molecule has 1 heterocycles. The van der Waals surface area contributed by atoms with Crippen LogP contribution in [0.25, 0.3) is 0 Å². The van der Waals surface area contributed by atoms with Crippen LogP contribution in [0.3, 0.4) is 0 Å². The van der Waals surface area contributed by atoms with E-state index >= 15 is 0 Å². The minimum Gasteiger partial charge on any atom is -0.481 e. The van der Waals surface area contributed by atoms with Crippen LogP contribution in [0, 0.1) is 11.8 Å². The van der Waals surface area contributed by atoms with Crippen molar-refractivity contribution in [2.24, 2.45) is 0 Å². The Hall–Kier alpha value is -1.67. The third-order valence-electron chi connectivity index (χ3n) is 1.08. The van der Waals surface area contributed by atoms with Crippen LogP contribution < -0.4 is 0 Å². The van der Waals surface area contributed by atoms with E-state index in [2.05, 4.69) is 16.8 Å². The Balaban J connectivity index is 2.66. The van der Waals surface area contributed by atoms with E-state index in [0.29, 0.717) is 17.0 Å². The Kier molecular flexibility index (Phi) is 3.17. The largest absolute Gasteiger partial charge is 0.481 e. The summed E-state index contributed by atoms with van der Waals surface area (Å²) in [4.78, 5) is 24.1. The third kappa shape index (κ3) is 3.05. The van der Waals surface area contributed by atoms with Gasteiger partial charge in [-0.2, -0.15) is 0 Å². The maximum Gasteiger partial charge on any atom is 0.315 e. The van der Waals surface area contributed by atoms with Gasteiger partial charge in [-0.25, -0.2) is 4.98 Å². The molecule has 0 aromatic carbocycles. The van der Waals surface area contributed by atoms with Gasteiger partial charge in [-0.3, -0.25) is 9.59 Å². The molecule has 0 bridgehead atoms. The number of hydrogen-bond donors (Lipinski definition) is 1. The summed E-state index contributed by atoms with van der Waals surface area (Å²) in [5.74, 6) is 4.00. The summed E-state index contributed by atoms with van der Waals surface area (Å²) in [6, 6.07) is 0. The van der Waals surface area contributed by atoms with E-state index in [0.717, 1.165) is 0 Å². The summed E-state index contributed by atoms with van der Waals surface area (Å²) >= 11 is 1.22. The van der Waals surface area contributed by atoms with Crippen LogP contribution in [0.4, 0.5) is 0 Å². The Morgan fingerprint density at radius 1 is 1.77 bits per heavy atom. The summed E-state index contributed by atoms with van der Waals surface area (Å²) < 4.78 is 0. The van der Waals surface area contributed by atoms with Crippen LogP contribution in [-0.4, -0.2) is 22.3 Å². The molecule has 0 atom stereocenters. The standard InChI is InChI=1S/C8H5NO3S/c10-4-6-5-13-7(9-6)2-1-3-8(11)12/h4-5H,3H2,(H,11,12). The molecule has 4 nitrogen and oxygen atoms in total. The Morgan fingerprint density at radius 3 is 3.08 bits per heavy atom. The van der Waals surface area contributed by atoms with Crippen LogP contribution >= 0.6 is 11.3 Å². The predicted octanol–water partition coefficient (Wildman–Crippen LogP) is 0.782. The number of carbonyl (C=O) groups excluding carboxylic acids is 1. The second-order valence-corrected chi connectivity index (χ2v) is 2.93. The molecule has 0 aliphatic heterocycles. The van der Waals surface area contributed by atoms with Crippen molar-refractivity contribution in [1.29, 1.82) is 0 Å². The minimum atomic E-state index is -0.973. The van der Waals surface area contributed by atoms with E-state index in [4.69, 9.17) is 5.11 Å². The first kappa shape index (κ1) is 9.42. The van der Waals surface area contributed by atoms with E-state index in [1.165, 1.54) is 11.3 Å². The van der Waals surface area contributed by atoms with Gasteiger partial charge in [0.15, 0.2) is 11.3 Å². The number of rotatable bonds is 2. The van der Waals surface area contributed by atoms with Crippen molar-refractivity contribution < 1.29 is 14.7 Å². The van der Waals surface area contributed by atoms with Gasteiger partial charge in [0.1, 0.15) is 12.1 Å². The lowest BCUT2D eigenvalue weighted by Gasteiger charge is -1.77. The molecular weight excluding hydrogens is 190 g/mol. The van der Waals surface area contributed by atoms with Crippen molar-refractivity contribution in [3.8, 4) is 11.8 Å². The highest BCUT2D eigenvalue weighted by Crippen LogP contribution is 2.05. The van der Waals surface area contributed by atoms with Gasteiger partial charge in [0.2, 0.25) is 0 Å². The summed E-state index contributed by atoms with van der Waals surface area (Å²) in [6.07, 6.45) is 0.412. The average Bonchev–Trinajstić information content (AvgIpc) is 2.52. The van der Waals surface area contributed by atoms with Crippen LogP contribution in [0.1, 0.15) is 21.9 Å². The van der Waals surface area contributed by atoms with E-state index in [1.807, 2.05) is 0 Å². The van der Waals surface area contributed by atoms with Gasteiger partial charge in [0.05, 0.1) is 0 Å². The Bertz CT molecular complexity index is 386. The van der Waals surface area contributed by atoms with Crippen molar-refractivity contribution in [3.63, 3.8) is 0 Å². The molecule has 0 saturated heterocycles. The van der Waals surface area contributed by atoms with Crippen LogP contribution in [-0.2, 0) is 4.79 Å². The average molecular weight is 195 g/mol. The molecule has 5 heteroatoms. The van der Waals surface area contributed by atoms with Gasteiger partial charge in [0.25, 0.3) is 0 Å². The second-order valence-electron chi connectivity index (χ2n) is 2.07. The molecule has 0 aliphatic carbocycles. The molecule has 1 rings (SSSR count). The summed E-state index contributed by atoms with van der Waals surface area (Å²) in [5.41, 5.74) is 0.324.